The molecular formula is C14H15NO4. The summed E-state index contributed by atoms with van der Waals surface area (Å²) < 4.78 is 10.5. The van der Waals surface area contributed by atoms with Crippen LogP contribution < -0.4 is 9.47 Å². The minimum atomic E-state index is -0.0583. The largest absolute Gasteiger partial charge is 0.454 e. The number of piperidine rings is 1. The number of likely N-dealkylation sites (tertiary alicyclic amines) is 1. The Kier molecular flexibility index (Phi) is 3.11. The Morgan fingerprint density at radius 2 is 1.79 bits per heavy atom. The number of fused-ring (bicyclic) bond motifs is 1. The van der Waals surface area contributed by atoms with Crippen LogP contribution in [-0.2, 0) is 16.0 Å². The van der Waals surface area contributed by atoms with Crippen LogP contribution in [0, 0.1) is 0 Å². The molecule has 5 nitrogen and oxygen atoms in total. The van der Waals surface area contributed by atoms with Crippen molar-refractivity contribution in [1.82, 2.24) is 4.90 Å². The Hall–Kier alpha value is -2.04. The van der Waals surface area contributed by atoms with E-state index in [1.165, 1.54) is 4.90 Å². The van der Waals surface area contributed by atoms with Crippen LogP contribution in [0.5, 0.6) is 11.5 Å². The SMILES string of the molecule is O=C1CCCC(=O)N1CCc1ccc2c(c1)OCO2. The van der Waals surface area contributed by atoms with E-state index in [0.717, 1.165) is 17.1 Å². The Balaban J connectivity index is 1.65. The molecule has 0 bridgehead atoms. The molecule has 0 spiro atoms. The number of benzene rings is 1. The van der Waals surface area contributed by atoms with E-state index in [1.807, 2.05) is 18.2 Å². The maximum atomic E-state index is 11.7. The summed E-state index contributed by atoms with van der Waals surface area (Å²) >= 11 is 0. The van der Waals surface area contributed by atoms with Crippen molar-refractivity contribution in [3.8, 4) is 11.5 Å². The van der Waals surface area contributed by atoms with Gasteiger partial charge in [-0.15, -0.1) is 0 Å². The first-order chi connectivity index (χ1) is 9.24. The first-order valence-electron chi connectivity index (χ1n) is 6.46. The summed E-state index contributed by atoms with van der Waals surface area (Å²) in [6.45, 7) is 0.694. The summed E-state index contributed by atoms with van der Waals surface area (Å²) in [5.74, 6) is 1.36. The van der Waals surface area contributed by atoms with Crippen LogP contribution in [0.4, 0.5) is 0 Å². The van der Waals surface area contributed by atoms with Gasteiger partial charge in [-0.1, -0.05) is 6.07 Å². The van der Waals surface area contributed by atoms with Crippen LogP contribution in [0.2, 0.25) is 0 Å². The van der Waals surface area contributed by atoms with Gasteiger partial charge in [0.1, 0.15) is 0 Å². The Morgan fingerprint density at radius 3 is 2.58 bits per heavy atom. The highest BCUT2D eigenvalue weighted by molar-refractivity contribution is 5.97. The lowest BCUT2D eigenvalue weighted by molar-refractivity contribution is -0.147. The van der Waals surface area contributed by atoms with Gasteiger partial charge in [0.05, 0.1) is 0 Å². The summed E-state index contributed by atoms with van der Waals surface area (Å²) in [6, 6.07) is 5.70. The third-order valence-corrected chi connectivity index (χ3v) is 3.44. The molecule has 3 rings (SSSR count). The average Bonchev–Trinajstić information content (AvgIpc) is 2.85. The van der Waals surface area contributed by atoms with E-state index in [4.69, 9.17) is 9.47 Å². The van der Waals surface area contributed by atoms with Gasteiger partial charge in [0.2, 0.25) is 18.6 Å². The van der Waals surface area contributed by atoms with Crippen molar-refractivity contribution < 1.29 is 19.1 Å². The summed E-state index contributed by atoms with van der Waals surface area (Å²) in [6.07, 6.45) is 2.28. The summed E-state index contributed by atoms with van der Waals surface area (Å²) in [4.78, 5) is 24.7. The van der Waals surface area contributed by atoms with Crippen molar-refractivity contribution in [2.75, 3.05) is 13.3 Å². The van der Waals surface area contributed by atoms with Crippen molar-refractivity contribution >= 4 is 11.8 Å². The number of hydrogen-bond acceptors (Lipinski definition) is 4. The van der Waals surface area contributed by atoms with Gasteiger partial charge in [-0.2, -0.15) is 0 Å². The molecule has 0 aliphatic carbocycles. The monoisotopic (exact) mass is 261 g/mol. The molecule has 0 saturated carbocycles. The third-order valence-electron chi connectivity index (χ3n) is 3.44. The lowest BCUT2D eigenvalue weighted by Crippen LogP contribution is -2.41. The van der Waals surface area contributed by atoms with Crippen LogP contribution in [0.1, 0.15) is 24.8 Å². The summed E-state index contributed by atoms with van der Waals surface area (Å²) in [5.41, 5.74) is 1.04. The highest BCUT2D eigenvalue weighted by atomic mass is 16.7. The Bertz CT molecular complexity index is 510. The van der Waals surface area contributed by atoms with E-state index in [9.17, 15) is 9.59 Å². The molecule has 1 aromatic rings. The summed E-state index contributed by atoms with van der Waals surface area (Å²) in [7, 11) is 0. The molecule has 0 radical (unpaired) electrons. The normalized spacial score (nSPS) is 18.0. The van der Waals surface area contributed by atoms with Gasteiger partial charge in [-0.3, -0.25) is 14.5 Å². The van der Waals surface area contributed by atoms with Gasteiger partial charge in [-0.25, -0.2) is 0 Å². The second kappa shape index (κ2) is 4.91. The number of carbonyl (C=O) groups excluding carboxylic acids is 2. The van der Waals surface area contributed by atoms with Crippen molar-refractivity contribution in [3.63, 3.8) is 0 Å². The maximum absolute atomic E-state index is 11.7. The predicted octanol–water partition coefficient (Wildman–Crippen LogP) is 1.50. The van der Waals surface area contributed by atoms with E-state index in [-0.39, 0.29) is 18.6 Å². The van der Waals surface area contributed by atoms with E-state index in [2.05, 4.69) is 0 Å². The molecule has 2 aliphatic heterocycles. The fourth-order valence-corrected chi connectivity index (χ4v) is 2.39. The number of rotatable bonds is 3. The fraction of sp³-hybridized carbons (Fsp3) is 0.429. The van der Waals surface area contributed by atoms with E-state index in [0.29, 0.717) is 32.2 Å². The second-order valence-corrected chi connectivity index (χ2v) is 4.73. The van der Waals surface area contributed by atoms with Gasteiger partial charge in [0, 0.05) is 19.4 Å². The van der Waals surface area contributed by atoms with E-state index in [1.54, 1.807) is 0 Å². The molecule has 5 heteroatoms. The van der Waals surface area contributed by atoms with Crippen molar-refractivity contribution in [3.05, 3.63) is 23.8 Å². The first-order valence-corrected chi connectivity index (χ1v) is 6.46. The zero-order valence-electron chi connectivity index (χ0n) is 10.6. The van der Waals surface area contributed by atoms with Crippen LogP contribution in [0.15, 0.2) is 18.2 Å². The molecule has 1 saturated heterocycles. The van der Waals surface area contributed by atoms with Crippen molar-refractivity contribution in [2.24, 2.45) is 0 Å². The van der Waals surface area contributed by atoms with Gasteiger partial charge in [0.25, 0.3) is 0 Å². The minimum Gasteiger partial charge on any atom is -0.454 e. The van der Waals surface area contributed by atoms with Gasteiger partial charge < -0.3 is 9.47 Å². The summed E-state index contributed by atoms with van der Waals surface area (Å²) in [5, 5.41) is 0. The molecule has 2 heterocycles. The van der Waals surface area contributed by atoms with E-state index >= 15 is 0 Å². The number of ether oxygens (including phenoxy) is 2. The fourth-order valence-electron chi connectivity index (χ4n) is 2.39. The minimum absolute atomic E-state index is 0.0583. The molecule has 100 valence electrons. The molecule has 0 aromatic heterocycles. The highest BCUT2D eigenvalue weighted by Crippen LogP contribution is 2.32. The molecule has 0 atom stereocenters. The smallest absolute Gasteiger partial charge is 0.231 e. The molecule has 2 aliphatic rings. The standard InChI is InChI=1S/C14H15NO4/c16-13-2-1-3-14(17)15(13)7-6-10-4-5-11-12(8-10)19-9-18-11/h4-5,8H,1-3,6-7,9H2. The van der Waals surface area contributed by atoms with Crippen LogP contribution in [-0.4, -0.2) is 30.1 Å². The van der Waals surface area contributed by atoms with Crippen LogP contribution >= 0.6 is 0 Å². The molecular weight excluding hydrogens is 246 g/mol. The van der Waals surface area contributed by atoms with Gasteiger partial charge in [0.15, 0.2) is 11.5 Å². The molecule has 1 aromatic carbocycles. The average molecular weight is 261 g/mol. The lowest BCUT2D eigenvalue weighted by atomic mass is 10.1. The van der Waals surface area contributed by atoms with Crippen molar-refractivity contribution in [1.29, 1.82) is 0 Å². The topological polar surface area (TPSA) is 55.8 Å². The van der Waals surface area contributed by atoms with Crippen molar-refractivity contribution in [2.45, 2.75) is 25.7 Å². The van der Waals surface area contributed by atoms with Crippen LogP contribution in [0.3, 0.4) is 0 Å². The highest BCUT2D eigenvalue weighted by Gasteiger charge is 2.25. The molecule has 2 amide bonds. The number of imide groups is 1. The third kappa shape index (κ3) is 2.41. The molecule has 0 unspecified atom stereocenters. The Morgan fingerprint density at radius 1 is 1.05 bits per heavy atom. The molecule has 0 N–H and O–H groups in total. The maximum Gasteiger partial charge on any atom is 0.231 e. The molecule has 1 fully saturated rings. The van der Waals surface area contributed by atoms with Crippen LogP contribution in [0.25, 0.3) is 0 Å². The predicted molar refractivity (Wildman–Crippen MR) is 66.8 cm³/mol. The van der Waals surface area contributed by atoms with Gasteiger partial charge in [-0.05, 0) is 30.5 Å². The second-order valence-electron chi connectivity index (χ2n) is 4.73. The lowest BCUT2D eigenvalue weighted by Gasteiger charge is -2.24. The first kappa shape index (κ1) is 12.0. The zero-order valence-corrected chi connectivity index (χ0v) is 10.6. The van der Waals surface area contributed by atoms with E-state index < -0.39 is 0 Å². The zero-order chi connectivity index (χ0) is 13.2. The quantitative estimate of drug-likeness (QED) is 0.774. The van der Waals surface area contributed by atoms with Gasteiger partial charge >= 0.3 is 0 Å². The number of nitrogens with zero attached hydrogens (tertiary/aromatic N) is 1. The number of amides is 2. The Labute approximate surface area is 111 Å². The number of hydrogen-bond donors (Lipinski definition) is 0. The number of carbonyl (C=O) groups is 2. The molecule has 19 heavy (non-hydrogen) atoms.